The van der Waals surface area contributed by atoms with E-state index in [-0.39, 0.29) is 0 Å². The van der Waals surface area contributed by atoms with Crippen molar-refractivity contribution in [3.8, 4) is 0 Å². The summed E-state index contributed by atoms with van der Waals surface area (Å²) in [6.07, 6.45) is 5.09. The summed E-state index contributed by atoms with van der Waals surface area (Å²) in [4.78, 5) is 14.2. The van der Waals surface area contributed by atoms with Gasteiger partial charge in [0.05, 0.1) is 0 Å². The van der Waals surface area contributed by atoms with Gasteiger partial charge < -0.3 is 10.4 Å². The van der Waals surface area contributed by atoms with Crippen molar-refractivity contribution in [2.75, 3.05) is 13.1 Å². The topological polar surface area (TPSA) is 52.6 Å². The van der Waals surface area contributed by atoms with Crippen LogP contribution in [0.2, 0.25) is 0 Å². The molecule has 0 aromatic rings. The molecule has 2 aliphatic rings. The van der Waals surface area contributed by atoms with Crippen molar-refractivity contribution >= 4 is 5.97 Å². The first kappa shape index (κ1) is 14.8. The number of likely N-dealkylation sites (tertiary alicyclic amines) is 1. The molecule has 2 N–H and O–H groups in total. The van der Waals surface area contributed by atoms with E-state index in [9.17, 15) is 9.90 Å². The molecular weight excluding hydrogens is 240 g/mol. The second-order valence-electron chi connectivity index (χ2n) is 6.54. The molecule has 4 nitrogen and oxygen atoms in total. The number of nitrogens with one attached hydrogen (secondary N) is 1. The summed E-state index contributed by atoms with van der Waals surface area (Å²) < 4.78 is 0. The Hall–Kier alpha value is -0.610. The minimum absolute atomic E-state index is 0.438. The van der Waals surface area contributed by atoms with Crippen LogP contribution in [-0.4, -0.2) is 46.7 Å². The number of carboxylic acid groups (broad SMARTS) is 1. The van der Waals surface area contributed by atoms with Crippen LogP contribution in [-0.2, 0) is 4.79 Å². The molecule has 4 atom stereocenters. The highest BCUT2D eigenvalue weighted by Crippen LogP contribution is 2.36. The van der Waals surface area contributed by atoms with Crippen molar-refractivity contribution in [1.29, 1.82) is 0 Å². The molecule has 1 aliphatic heterocycles. The van der Waals surface area contributed by atoms with Gasteiger partial charge in [-0.25, -0.2) is 0 Å². The molecule has 4 unspecified atom stereocenters. The maximum absolute atomic E-state index is 11.6. The highest BCUT2D eigenvalue weighted by molar-refractivity contribution is 5.79. The Labute approximate surface area is 116 Å². The van der Waals surface area contributed by atoms with Gasteiger partial charge in [-0.3, -0.25) is 9.69 Å². The number of aliphatic carboxylic acids is 1. The summed E-state index contributed by atoms with van der Waals surface area (Å²) in [5, 5.41) is 12.8. The van der Waals surface area contributed by atoms with Crippen LogP contribution in [0.5, 0.6) is 0 Å². The number of nitrogens with zero attached hydrogens (tertiary/aromatic N) is 1. The molecule has 0 aromatic heterocycles. The summed E-state index contributed by atoms with van der Waals surface area (Å²) in [6, 6.07) is 1.04. The second kappa shape index (κ2) is 5.80. The summed E-state index contributed by atoms with van der Waals surface area (Å²) >= 11 is 0. The van der Waals surface area contributed by atoms with Crippen LogP contribution in [0.1, 0.15) is 52.9 Å². The van der Waals surface area contributed by atoms with Crippen LogP contribution in [0.25, 0.3) is 0 Å². The number of piperidine rings is 1. The first-order valence-corrected chi connectivity index (χ1v) is 7.72. The molecule has 19 heavy (non-hydrogen) atoms. The van der Waals surface area contributed by atoms with Crippen LogP contribution in [0.15, 0.2) is 0 Å². The Morgan fingerprint density at radius 2 is 2.11 bits per heavy atom. The minimum atomic E-state index is -0.681. The first-order valence-electron chi connectivity index (χ1n) is 7.72. The third-order valence-corrected chi connectivity index (χ3v) is 5.05. The molecule has 0 radical (unpaired) electrons. The van der Waals surface area contributed by atoms with Crippen molar-refractivity contribution in [3.63, 3.8) is 0 Å². The van der Waals surface area contributed by atoms with Gasteiger partial charge in [-0.2, -0.15) is 0 Å². The average molecular weight is 268 g/mol. The van der Waals surface area contributed by atoms with E-state index in [0.29, 0.717) is 12.1 Å². The van der Waals surface area contributed by atoms with E-state index in [0.717, 1.165) is 38.3 Å². The van der Waals surface area contributed by atoms with Gasteiger partial charge in [0.1, 0.15) is 5.54 Å². The lowest BCUT2D eigenvalue weighted by molar-refractivity contribution is -0.144. The van der Waals surface area contributed by atoms with Gasteiger partial charge in [0, 0.05) is 18.6 Å². The van der Waals surface area contributed by atoms with Gasteiger partial charge in [-0.1, -0.05) is 13.8 Å². The maximum Gasteiger partial charge on any atom is 0.323 e. The number of hydrogen-bond donors (Lipinski definition) is 2. The maximum atomic E-state index is 11.6. The highest BCUT2D eigenvalue weighted by atomic mass is 16.4. The lowest BCUT2D eigenvalue weighted by Crippen LogP contribution is -2.53. The third-order valence-electron chi connectivity index (χ3n) is 5.05. The summed E-state index contributed by atoms with van der Waals surface area (Å²) in [5.41, 5.74) is -0.681. The third kappa shape index (κ3) is 2.95. The van der Waals surface area contributed by atoms with Gasteiger partial charge in [0.15, 0.2) is 0 Å². The fourth-order valence-corrected chi connectivity index (χ4v) is 3.90. The molecule has 2 rings (SSSR count). The fraction of sp³-hybridized carbons (Fsp3) is 0.933. The predicted octanol–water partition coefficient (Wildman–Crippen LogP) is 2.09. The van der Waals surface area contributed by atoms with Gasteiger partial charge in [-0.15, -0.1) is 0 Å². The number of likely N-dealkylation sites (N-methyl/N-ethyl adjacent to an activating group) is 1. The molecule has 4 heteroatoms. The Morgan fingerprint density at radius 1 is 1.37 bits per heavy atom. The van der Waals surface area contributed by atoms with Crippen molar-refractivity contribution < 1.29 is 9.90 Å². The van der Waals surface area contributed by atoms with E-state index in [1.807, 2.05) is 6.92 Å². The Morgan fingerprint density at radius 3 is 2.74 bits per heavy atom. The quantitative estimate of drug-likeness (QED) is 0.820. The molecule has 2 fully saturated rings. The fourth-order valence-electron chi connectivity index (χ4n) is 3.90. The van der Waals surface area contributed by atoms with Gasteiger partial charge >= 0.3 is 5.97 Å². The molecule has 0 bridgehead atoms. The number of carboxylic acids is 1. The lowest BCUT2D eigenvalue weighted by atomic mass is 9.92. The summed E-state index contributed by atoms with van der Waals surface area (Å²) in [6.45, 7) is 8.45. The smallest absolute Gasteiger partial charge is 0.323 e. The zero-order valence-corrected chi connectivity index (χ0v) is 12.5. The van der Waals surface area contributed by atoms with Crippen molar-refractivity contribution in [1.82, 2.24) is 10.2 Å². The lowest BCUT2D eigenvalue weighted by Gasteiger charge is -2.41. The monoisotopic (exact) mass is 268 g/mol. The van der Waals surface area contributed by atoms with E-state index in [2.05, 4.69) is 24.1 Å². The van der Waals surface area contributed by atoms with E-state index in [1.54, 1.807) is 0 Å². The molecule has 0 aromatic carbocycles. The zero-order valence-electron chi connectivity index (χ0n) is 12.5. The largest absolute Gasteiger partial charge is 0.480 e. The van der Waals surface area contributed by atoms with Gasteiger partial charge in [0.2, 0.25) is 0 Å². The zero-order chi connectivity index (χ0) is 14.0. The number of rotatable bonds is 4. The highest BCUT2D eigenvalue weighted by Gasteiger charge is 2.47. The van der Waals surface area contributed by atoms with Crippen LogP contribution in [0, 0.1) is 5.92 Å². The Balaban J connectivity index is 2.05. The van der Waals surface area contributed by atoms with E-state index in [1.165, 1.54) is 12.8 Å². The van der Waals surface area contributed by atoms with Gasteiger partial charge in [0.25, 0.3) is 0 Å². The van der Waals surface area contributed by atoms with Crippen LogP contribution < -0.4 is 5.32 Å². The average Bonchev–Trinajstić information content (AvgIpc) is 2.78. The SMILES string of the molecule is CCNC1(C(=O)O)CCC(N2CC(C)CCC2C)C1. The van der Waals surface area contributed by atoms with Crippen molar-refractivity contribution in [2.45, 2.75) is 70.5 Å². The number of carbonyl (C=O) groups is 1. The normalized spacial score (nSPS) is 40.5. The van der Waals surface area contributed by atoms with Gasteiger partial charge in [-0.05, 0) is 51.5 Å². The van der Waals surface area contributed by atoms with Crippen LogP contribution in [0.3, 0.4) is 0 Å². The number of hydrogen-bond acceptors (Lipinski definition) is 3. The molecule has 0 amide bonds. The Bertz CT molecular complexity index is 334. The first-order chi connectivity index (χ1) is 8.98. The molecule has 1 heterocycles. The molecule has 110 valence electrons. The predicted molar refractivity (Wildman–Crippen MR) is 76.2 cm³/mol. The molecular formula is C15H28N2O2. The van der Waals surface area contributed by atoms with E-state index in [4.69, 9.17) is 0 Å². The molecule has 0 spiro atoms. The van der Waals surface area contributed by atoms with Crippen LogP contribution in [0.4, 0.5) is 0 Å². The van der Waals surface area contributed by atoms with Crippen molar-refractivity contribution in [3.05, 3.63) is 0 Å². The van der Waals surface area contributed by atoms with E-state index < -0.39 is 11.5 Å². The molecule has 1 saturated heterocycles. The summed E-state index contributed by atoms with van der Waals surface area (Å²) in [5.74, 6) is 0.0738. The second-order valence-corrected chi connectivity index (χ2v) is 6.54. The molecule has 1 saturated carbocycles. The standard InChI is InChI=1S/C15H28N2O2/c1-4-16-15(14(18)19)8-7-13(9-15)17-10-11(2)5-6-12(17)3/h11-13,16H,4-10H2,1-3H3,(H,18,19). The van der Waals surface area contributed by atoms with Crippen molar-refractivity contribution in [2.24, 2.45) is 5.92 Å². The Kier molecular flexibility index (Phi) is 4.51. The summed E-state index contributed by atoms with van der Waals surface area (Å²) in [7, 11) is 0. The minimum Gasteiger partial charge on any atom is -0.480 e. The van der Waals surface area contributed by atoms with Crippen LogP contribution >= 0.6 is 0 Å². The van der Waals surface area contributed by atoms with E-state index >= 15 is 0 Å². The molecule has 1 aliphatic carbocycles.